The summed E-state index contributed by atoms with van der Waals surface area (Å²) in [5.74, 6) is -12.3. The number of carbonyl (C=O) groups excluding carboxylic acids is 5. The highest BCUT2D eigenvalue weighted by molar-refractivity contribution is 6.01. The minimum atomic E-state index is -6.14. The standard InChI is InChI=1S/C33H45F5N4O6/c1-19(2)25(28(44)32(34,35)33(36,37)38)39-30(46)24-7-6-13-42(24)31(47)26(20(3)4)40-29(45)23-10-8-22(9-11-23)27(43)21(5)12-14-41-15-17-48-18-16-41/h8-11,19-21,24-26H,6-7,12-18H2,1-5H3,(H,39,46)(H,40,45)/t21?,24-,25?,26-/m0/s1. The lowest BCUT2D eigenvalue weighted by Gasteiger charge is -2.32. The maximum absolute atomic E-state index is 13.9. The molecule has 0 spiro atoms. The minimum absolute atomic E-state index is 0.0627. The van der Waals surface area contributed by atoms with Gasteiger partial charge in [-0.25, -0.2) is 0 Å². The highest BCUT2D eigenvalue weighted by Crippen LogP contribution is 2.37. The normalized spacial score (nSPS) is 19.6. The fourth-order valence-corrected chi connectivity index (χ4v) is 5.74. The molecule has 2 heterocycles. The molecule has 268 valence electrons. The van der Waals surface area contributed by atoms with Gasteiger partial charge < -0.3 is 20.3 Å². The molecule has 1 aromatic carbocycles. The number of halogens is 5. The maximum atomic E-state index is 13.9. The van der Waals surface area contributed by atoms with Crippen LogP contribution in [0.25, 0.3) is 0 Å². The Morgan fingerprint density at radius 2 is 1.40 bits per heavy atom. The van der Waals surface area contributed by atoms with E-state index in [0.29, 0.717) is 31.6 Å². The smallest absolute Gasteiger partial charge is 0.379 e. The summed E-state index contributed by atoms with van der Waals surface area (Å²) in [6, 6.07) is 1.52. The zero-order chi connectivity index (χ0) is 36.0. The lowest BCUT2D eigenvalue weighted by Crippen LogP contribution is -2.60. The SMILES string of the molecule is CC(CCN1CCOCC1)C(=O)c1ccc(C(=O)N[C@H](C(=O)N2CCC[C@H]2C(=O)NC(C(=O)C(F)(F)C(F)(F)F)C(C)C)C(C)C)cc1. The summed E-state index contributed by atoms with van der Waals surface area (Å²) in [5.41, 5.74) is 0.625. The van der Waals surface area contributed by atoms with Crippen molar-refractivity contribution < 1.29 is 50.7 Å². The van der Waals surface area contributed by atoms with E-state index >= 15 is 0 Å². The number of benzene rings is 1. The zero-order valence-electron chi connectivity index (χ0n) is 27.9. The van der Waals surface area contributed by atoms with E-state index in [-0.39, 0.29) is 30.2 Å². The fourth-order valence-electron chi connectivity index (χ4n) is 5.74. The van der Waals surface area contributed by atoms with Crippen LogP contribution in [-0.4, -0.2) is 109 Å². The highest BCUT2D eigenvalue weighted by atomic mass is 19.4. The van der Waals surface area contributed by atoms with E-state index in [1.165, 1.54) is 26.0 Å². The Balaban J connectivity index is 1.66. The molecule has 0 radical (unpaired) electrons. The van der Waals surface area contributed by atoms with Crippen LogP contribution in [0.2, 0.25) is 0 Å². The van der Waals surface area contributed by atoms with Gasteiger partial charge in [0.15, 0.2) is 5.78 Å². The van der Waals surface area contributed by atoms with Gasteiger partial charge in [0.1, 0.15) is 12.1 Å². The van der Waals surface area contributed by atoms with Crippen LogP contribution in [-0.2, 0) is 19.1 Å². The van der Waals surface area contributed by atoms with E-state index in [1.54, 1.807) is 26.0 Å². The van der Waals surface area contributed by atoms with Crippen molar-refractivity contribution in [2.45, 2.75) is 84.1 Å². The predicted molar refractivity (Wildman–Crippen MR) is 165 cm³/mol. The molecule has 2 unspecified atom stereocenters. The van der Waals surface area contributed by atoms with Crippen LogP contribution in [0, 0.1) is 17.8 Å². The summed E-state index contributed by atoms with van der Waals surface area (Å²) < 4.78 is 71.7. The van der Waals surface area contributed by atoms with Crippen molar-refractivity contribution in [1.82, 2.24) is 20.4 Å². The number of Topliss-reactive ketones (excluding diaryl/α,β-unsaturated/α-hetero) is 2. The first-order valence-electron chi connectivity index (χ1n) is 16.2. The van der Waals surface area contributed by atoms with E-state index in [1.807, 2.05) is 12.2 Å². The molecule has 0 bridgehead atoms. The van der Waals surface area contributed by atoms with E-state index in [2.05, 4.69) is 10.2 Å². The van der Waals surface area contributed by atoms with Gasteiger partial charge >= 0.3 is 12.1 Å². The summed E-state index contributed by atoms with van der Waals surface area (Å²) >= 11 is 0. The maximum Gasteiger partial charge on any atom is 0.461 e. The summed E-state index contributed by atoms with van der Waals surface area (Å²) in [6.07, 6.45) is -5.08. The second-order valence-corrected chi connectivity index (χ2v) is 13.1. The molecule has 1 aromatic rings. The quantitative estimate of drug-likeness (QED) is 0.225. The van der Waals surface area contributed by atoms with Gasteiger partial charge in [-0.15, -0.1) is 0 Å². The molecule has 15 heteroatoms. The topological polar surface area (TPSA) is 125 Å². The molecule has 2 N–H and O–H groups in total. The molecular weight excluding hydrogens is 643 g/mol. The molecule has 10 nitrogen and oxygen atoms in total. The average molecular weight is 689 g/mol. The van der Waals surface area contributed by atoms with Crippen LogP contribution >= 0.6 is 0 Å². The third kappa shape index (κ3) is 9.36. The van der Waals surface area contributed by atoms with E-state index in [4.69, 9.17) is 4.74 Å². The molecule has 48 heavy (non-hydrogen) atoms. The summed E-state index contributed by atoms with van der Waals surface area (Å²) in [4.78, 5) is 68.6. The first kappa shape index (κ1) is 39.0. The van der Waals surface area contributed by atoms with Crippen molar-refractivity contribution in [3.8, 4) is 0 Å². The molecular formula is C33H45F5N4O6. The first-order valence-corrected chi connectivity index (χ1v) is 16.2. The van der Waals surface area contributed by atoms with Crippen molar-refractivity contribution in [1.29, 1.82) is 0 Å². The number of amides is 3. The molecule has 3 amide bonds. The van der Waals surface area contributed by atoms with E-state index in [9.17, 15) is 45.9 Å². The van der Waals surface area contributed by atoms with Crippen molar-refractivity contribution in [2.75, 3.05) is 39.4 Å². The monoisotopic (exact) mass is 688 g/mol. The molecule has 2 fully saturated rings. The Morgan fingerprint density at radius 3 is 1.94 bits per heavy atom. The molecule has 0 aromatic heterocycles. The lowest BCUT2D eigenvalue weighted by atomic mass is 9.94. The van der Waals surface area contributed by atoms with Gasteiger partial charge in [-0.3, -0.25) is 28.9 Å². The Morgan fingerprint density at radius 1 is 0.833 bits per heavy atom. The molecule has 2 aliphatic rings. The molecule has 0 aliphatic carbocycles. The number of alkyl halides is 5. The van der Waals surface area contributed by atoms with Crippen LogP contribution in [0.3, 0.4) is 0 Å². The van der Waals surface area contributed by atoms with Gasteiger partial charge in [-0.2, -0.15) is 22.0 Å². The number of hydrogen-bond acceptors (Lipinski definition) is 7. The molecule has 4 atom stereocenters. The van der Waals surface area contributed by atoms with Gasteiger partial charge in [-0.05, 0) is 49.8 Å². The van der Waals surface area contributed by atoms with Crippen LogP contribution < -0.4 is 10.6 Å². The number of hydrogen-bond donors (Lipinski definition) is 2. The first-order chi connectivity index (χ1) is 22.4. The number of morpholine rings is 1. The van der Waals surface area contributed by atoms with Gasteiger partial charge in [0, 0.05) is 36.7 Å². The second-order valence-electron chi connectivity index (χ2n) is 13.1. The fraction of sp³-hybridized carbons (Fsp3) is 0.667. The van der Waals surface area contributed by atoms with Gasteiger partial charge in [0.25, 0.3) is 5.91 Å². The number of carbonyl (C=O) groups is 5. The Kier molecular flexibility index (Phi) is 13.2. The second kappa shape index (κ2) is 16.3. The summed E-state index contributed by atoms with van der Waals surface area (Å²) in [5, 5.41) is 4.69. The molecule has 2 aliphatic heterocycles. The highest BCUT2D eigenvalue weighted by Gasteiger charge is 2.65. The number of ketones is 2. The van der Waals surface area contributed by atoms with Crippen molar-refractivity contribution >= 4 is 29.3 Å². The van der Waals surface area contributed by atoms with Crippen LogP contribution in [0.4, 0.5) is 22.0 Å². The van der Waals surface area contributed by atoms with Gasteiger partial charge in [0.2, 0.25) is 17.6 Å². The van der Waals surface area contributed by atoms with E-state index < -0.39 is 65.6 Å². The third-order valence-electron chi connectivity index (χ3n) is 8.83. The molecule has 0 saturated carbocycles. The van der Waals surface area contributed by atoms with Gasteiger partial charge in [-0.1, -0.05) is 46.8 Å². The summed E-state index contributed by atoms with van der Waals surface area (Å²) in [6.45, 7) is 11.4. The Labute approximate surface area is 277 Å². The number of nitrogens with zero attached hydrogens (tertiary/aromatic N) is 2. The number of ether oxygens (including phenoxy) is 1. The molecule has 3 rings (SSSR count). The number of nitrogens with one attached hydrogen (secondary N) is 2. The van der Waals surface area contributed by atoms with Gasteiger partial charge in [0.05, 0.1) is 19.3 Å². The lowest BCUT2D eigenvalue weighted by molar-refractivity contribution is -0.270. The zero-order valence-corrected chi connectivity index (χ0v) is 27.9. The minimum Gasteiger partial charge on any atom is -0.379 e. The Bertz CT molecular complexity index is 1310. The Hall–Kier alpha value is -3.46. The van der Waals surface area contributed by atoms with Crippen molar-refractivity contribution in [2.24, 2.45) is 17.8 Å². The predicted octanol–water partition coefficient (Wildman–Crippen LogP) is 3.88. The molecule has 2 saturated heterocycles. The largest absolute Gasteiger partial charge is 0.461 e. The van der Waals surface area contributed by atoms with E-state index in [0.717, 1.165) is 24.5 Å². The van der Waals surface area contributed by atoms with Crippen LogP contribution in [0.1, 0.15) is 74.6 Å². The average Bonchev–Trinajstić information content (AvgIpc) is 3.54. The number of likely N-dealkylation sites (tertiary alicyclic amines) is 1. The van der Waals surface area contributed by atoms with Crippen molar-refractivity contribution in [3.63, 3.8) is 0 Å². The van der Waals surface area contributed by atoms with Crippen molar-refractivity contribution in [3.05, 3.63) is 35.4 Å². The number of rotatable bonds is 14. The summed E-state index contributed by atoms with van der Waals surface area (Å²) in [7, 11) is 0. The third-order valence-corrected chi connectivity index (χ3v) is 8.83. The van der Waals surface area contributed by atoms with Crippen LogP contribution in [0.5, 0.6) is 0 Å². The van der Waals surface area contributed by atoms with Crippen LogP contribution in [0.15, 0.2) is 24.3 Å².